The molecule has 0 aliphatic heterocycles. The lowest BCUT2D eigenvalue weighted by Gasteiger charge is -2.48. The van der Waals surface area contributed by atoms with Gasteiger partial charge in [-0.3, -0.25) is 0 Å². The number of halogens is 9. The Morgan fingerprint density at radius 2 is 1.47 bits per heavy atom. The SMILES string of the molecule is ClC[C@]1(C(Cl)Cl)[C@H]2CC(Cl)(Cl)[C@]1(C(Cl)Cl)CC2(Cl)Cl. The highest BCUT2D eigenvalue weighted by atomic mass is 35.5. The molecule has 0 radical (unpaired) electrons. The first-order valence-corrected chi connectivity index (χ1v) is 9.17. The zero-order valence-electron chi connectivity index (χ0n) is 9.26. The van der Waals surface area contributed by atoms with Crippen LogP contribution in [0, 0.1) is 16.7 Å². The van der Waals surface area contributed by atoms with Gasteiger partial charge in [-0.05, 0) is 12.8 Å². The molecule has 2 rings (SSSR count). The zero-order valence-corrected chi connectivity index (χ0v) is 16.1. The molecule has 2 saturated carbocycles. The van der Waals surface area contributed by atoms with E-state index in [1.807, 2.05) is 0 Å². The molecule has 0 amide bonds. The molecule has 2 aliphatic carbocycles. The highest BCUT2D eigenvalue weighted by Gasteiger charge is 2.83. The van der Waals surface area contributed by atoms with Crippen LogP contribution in [0.5, 0.6) is 0 Å². The Hall–Kier alpha value is 2.61. The van der Waals surface area contributed by atoms with Crippen molar-refractivity contribution in [1.29, 1.82) is 0 Å². The monoisotopic (exact) mass is 444 g/mol. The minimum absolute atomic E-state index is 0.0631. The van der Waals surface area contributed by atoms with E-state index in [4.69, 9.17) is 104 Å². The van der Waals surface area contributed by atoms with Gasteiger partial charge in [-0.1, -0.05) is 0 Å². The number of fused-ring (bicyclic) bond motifs is 2. The van der Waals surface area contributed by atoms with Crippen LogP contribution in [0.25, 0.3) is 0 Å². The van der Waals surface area contributed by atoms with Crippen LogP contribution < -0.4 is 0 Å². The van der Waals surface area contributed by atoms with E-state index in [-0.39, 0.29) is 18.7 Å². The normalized spacial score (nSPS) is 43.4. The Labute approximate surface area is 157 Å². The average molecular weight is 448 g/mol. The molecule has 9 heteroatoms. The molecule has 0 aromatic rings. The first-order chi connectivity index (χ1) is 8.49. The third-order valence-corrected chi connectivity index (χ3v) is 8.32. The van der Waals surface area contributed by atoms with Crippen molar-refractivity contribution in [1.82, 2.24) is 0 Å². The van der Waals surface area contributed by atoms with Gasteiger partial charge < -0.3 is 0 Å². The highest BCUT2D eigenvalue weighted by molar-refractivity contribution is 6.55. The van der Waals surface area contributed by atoms with Crippen molar-refractivity contribution in [2.45, 2.75) is 31.2 Å². The molecule has 0 N–H and O–H groups in total. The maximum absolute atomic E-state index is 6.45. The topological polar surface area (TPSA) is 0 Å². The Morgan fingerprint density at radius 1 is 0.947 bits per heavy atom. The number of hydrogen-bond acceptors (Lipinski definition) is 0. The van der Waals surface area contributed by atoms with E-state index in [1.54, 1.807) is 0 Å². The Balaban J connectivity index is 2.72. The zero-order chi connectivity index (χ0) is 14.9. The molecule has 0 aromatic carbocycles. The van der Waals surface area contributed by atoms with E-state index in [0.29, 0.717) is 0 Å². The third kappa shape index (κ3) is 2.08. The lowest BCUT2D eigenvalue weighted by Crippen LogP contribution is -2.53. The predicted molar refractivity (Wildman–Crippen MR) is 88.2 cm³/mol. The summed E-state index contributed by atoms with van der Waals surface area (Å²) in [6, 6.07) is 0. The molecule has 112 valence electrons. The minimum atomic E-state index is -1.24. The van der Waals surface area contributed by atoms with Crippen LogP contribution in [0.2, 0.25) is 0 Å². The second-order valence-electron chi connectivity index (χ2n) is 5.15. The van der Waals surface area contributed by atoms with Crippen LogP contribution in [0.15, 0.2) is 0 Å². The Kier molecular flexibility index (Phi) is 5.02. The van der Waals surface area contributed by atoms with Crippen molar-refractivity contribution >= 4 is 104 Å². The van der Waals surface area contributed by atoms with Crippen LogP contribution in [0.3, 0.4) is 0 Å². The van der Waals surface area contributed by atoms with Crippen molar-refractivity contribution in [3.8, 4) is 0 Å². The maximum atomic E-state index is 6.45. The second kappa shape index (κ2) is 5.32. The molecule has 0 heterocycles. The van der Waals surface area contributed by atoms with Crippen LogP contribution in [-0.2, 0) is 0 Å². The Morgan fingerprint density at radius 3 is 1.79 bits per heavy atom. The van der Waals surface area contributed by atoms with Gasteiger partial charge in [0.05, 0.1) is 0 Å². The summed E-state index contributed by atoms with van der Waals surface area (Å²) in [7, 11) is 0. The molecule has 2 aliphatic rings. The van der Waals surface area contributed by atoms with Crippen molar-refractivity contribution in [2.24, 2.45) is 16.7 Å². The number of rotatable bonds is 3. The van der Waals surface area contributed by atoms with Crippen LogP contribution >= 0.6 is 104 Å². The van der Waals surface area contributed by atoms with Crippen LogP contribution in [0.4, 0.5) is 0 Å². The molecule has 0 unspecified atom stereocenters. The summed E-state index contributed by atoms with van der Waals surface area (Å²) in [6.07, 6.45) is 0.461. The quantitative estimate of drug-likeness (QED) is 0.428. The molecule has 0 nitrogen and oxygen atoms in total. The summed E-state index contributed by atoms with van der Waals surface area (Å²) in [4.78, 5) is -1.85. The number of alkyl halides is 9. The van der Waals surface area contributed by atoms with Crippen molar-refractivity contribution in [3.05, 3.63) is 0 Å². The number of hydrogen-bond donors (Lipinski definition) is 0. The largest absolute Gasteiger partial charge is 0.127 e. The smallest absolute Gasteiger partial charge is 0.126 e. The van der Waals surface area contributed by atoms with Crippen molar-refractivity contribution in [3.63, 3.8) is 0 Å². The Bertz CT molecular complexity index is 379. The van der Waals surface area contributed by atoms with E-state index in [2.05, 4.69) is 0 Å². The van der Waals surface area contributed by atoms with E-state index >= 15 is 0 Å². The van der Waals surface area contributed by atoms with Gasteiger partial charge in [-0.15, -0.1) is 104 Å². The minimum Gasteiger partial charge on any atom is -0.126 e. The first kappa shape index (κ1) is 18.0. The van der Waals surface area contributed by atoms with Gasteiger partial charge in [0.15, 0.2) is 0 Å². The summed E-state index contributed by atoms with van der Waals surface area (Å²) < 4.78 is -2.36. The van der Waals surface area contributed by atoms with Gasteiger partial charge in [0.25, 0.3) is 0 Å². The van der Waals surface area contributed by atoms with Crippen molar-refractivity contribution < 1.29 is 0 Å². The van der Waals surface area contributed by atoms with Gasteiger partial charge in [-0.2, -0.15) is 0 Å². The second-order valence-corrected chi connectivity index (χ2v) is 10.6. The molecular weight excluding hydrogens is 439 g/mol. The van der Waals surface area contributed by atoms with Crippen LogP contribution in [-0.4, -0.2) is 24.2 Å². The van der Waals surface area contributed by atoms with E-state index < -0.39 is 35.1 Å². The van der Waals surface area contributed by atoms with E-state index in [9.17, 15) is 0 Å². The van der Waals surface area contributed by atoms with Gasteiger partial charge in [0.1, 0.15) is 18.3 Å². The lowest BCUT2D eigenvalue weighted by molar-refractivity contribution is 0.134. The molecule has 19 heavy (non-hydrogen) atoms. The fourth-order valence-corrected chi connectivity index (χ4v) is 8.36. The fourth-order valence-electron chi connectivity index (χ4n) is 3.64. The molecule has 0 spiro atoms. The van der Waals surface area contributed by atoms with Gasteiger partial charge in [-0.25, -0.2) is 0 Å². The summed E-state index contributed by atoms with van der Waals surface area (Å²) in [5.74, 6) is -0.330. The summed E-state index contributed by atoms with van der Waals surface area (Å²) in [6.45, 7) is 0. The van der Waals surface area contributed by atoms with E-state index in [0.717, 1.165) is 0 Å². The summed E-state index contributed by atoms with van der Waals surface area (Å²) >= 11 is 56.6. The third-order valence-electron chi connectivity index (χ3n) is 4.57. The molecular formula is C10H9Cl9. The molecule has 0 aromatic heterocycles. The van der Waals surface area contributed by atoms with Gasteiger partial charge >= 0.3 is 0 Å². The lowest BCUT2D eigenvalue weighted by atomic mass is 9.69. The highest BCUT2D eigenvalue weighted by Crippen LogP contribution is 2.82. The molecule has 2 fully saturated rings. The summed E-state index contributed by atoms with van der Waals surface area (Å²) in [5.41, 5.74) is -2.02. The molecule has 3 atom stereocenters. The summed E-state index contributed by atoms with van der Waals surface area (Å²) in [5, 5.41) is 0. The standard InChI is InChI=1S/C10H9Cl9/c11-3-7(5(12)13)4-1-10(18,19)8(7,6(14)15)2-9(4,16)17/h4-6H,1-3H2/t4-,7-,8+/m1/s1. The van der Waals surface area contributed by atoms with Crippen LogP contribution in [0.1, 0.15) is 12.8 Å². The maximum Gasteiger partial charge on any atom is 0.127 e. The fraction of sp³-hybridized carbons (Fsp3) is 1.00. The molecule has 2 bridgehead atoms. The van der Waals surface area contributed by atoms with Crippen molar-refractivity contribution in [2.75, 3.05) is 5.88 Å². The average Bonchev–Trinajstić information content (AvgIpc) is 2.57. The molecule has 0 saturated heterocycles. The first-order valence-electron chi connectivity index (χ1n) is 5.37. The predicted octanol–water partition coefficient (Wildman–Crippen LogP) is 6.58. The van der Waals surface area contributed by atoms with Gasteiger partial charge in [0, 0.05) is 22.6 Å². The van der Waals surface area contributed by atoms with E-state index in [1.165, 1.54) is 0 Å². The van der Waals surface area contributed by atoms with Gasteiger partial charge in [0.2, 0.25) is 0 Å².